The SMILES string of the molecule is CC(C)[C@H](NC(=O)[C@H](CCC(=O)OC(C)(C)C)NC(=O)CCCC(=O)N(C)C)C(=O)N[C@@H](CCNC(=O)OC(C)(C)C)C(=O)O. The van der Waals surface area contributed by atoms with Crippen LogP contribution >= 0.6 is 0 Å². The van der Waals surface area contributed by atoms with Crippen LogP contribution in [0.1, 0.15) is 93.9 Å². The lowest BCUT2D eigenvalue weighted by Gasteiger charge is -2.27. The molecule has 0 heterocycles. The Morgan fingerprint density at radius 2 is 1.31 bits per heavy atom. The number of hydrogen-bond donors (Lipinski definition) is 5. The summed E-state index contributed by atoms with van der Waals surface area (Å²) in [5.74, 6) is -4.67. The van der Waals surface area contributed by atoms with Gasteiger partial charge in [-0.15, -0.1) is 0 Å². The molecule has 5 amide bonds. The zero-order valence-electron chi connectivity index (χ0n) is 28.3. The van der Waals surface area contributed by atoms with E-state index in [-0.39, 0.29) is 51.0 Å². The molecular weight excluding hydrogens is 590 g/mol. The summed E-state index contributed by atoms with van der Waals surface area (Å²) in [5, 5.41) is 19.6. The highest BCUT2D eigenvalue weighted by Crippen LogP contribution is 2.12. The van der Waals surface area contributed by atoms with Crippen LogP contribution in [0.2, 0.25) is 0 Å². The van der Waals surface area contributed by atoms with E-state index in [4.69, 9.17) is 9.47 Å². The Hall–Kier alpha value is -3.91. The molecule has 0 aliphatic rings. The quantitative estimate of drug-likeness (QED) is 0.144. The molecule has 3 atom stereocenters. The molecule has 0 saturated carbocycles. The predicted molar refractivity (Wildman–Crippen MR) is 165 cm³/mol. The molecule has 0 fully saturated rings. The topological polar surface area (TPSA) is 210 Å². The maximum absolute atomic E-state index is 13.4. The molecule has 0 aromatic heterocycles. The van der Waals surface area contributed by atoms with E-state index in [1.807, 2.05) is 0 Å². The highest BCUT2D eigenvalue weighted by atomic mass is 16.6. The fraction of sp³-hybridized carbons (Fsp3) is 0.767. The number of esters is 1. The number of carbonyl (C=O) groups is 7. The van der Waals surface area contributed by atoms with Gasteiger partial charge in [0.25, 0.3) is 0 Å². The van der Waals surface area contributed by atoms with E-state index in [1.54, 1.807) is 69.5 Å². The Labute approximate surface area is 265 Å². The standard InChI is InChI=1S/C30H53N5O10/c1-18(2)24(26(40)33-20(27(41)42)16-17-31-28(43)45-30(6,7)8)34-25(39)19(14-15-23(38)44-29(3,4)5)32-21(36)12-11-13-22(37)35(9)10/h18-20,24H,11-17H2,1-10H3,(H,31,43)(H,32,36)(H,33,40)(H,34,39)(H,41,42)/t19-,20-,24-/m0/s1. The number of hydrogen-bond acceptors (Lipinski definition) is 9. The molecule has 0 saturated heterocycles. The molecule has 0 radical (unpaired) electrons. The van der Waals surface area contributed by atoms with Gasteiger partial charge in [-0.05, 0) is 66.7 Å². The first kappa shape index (κ1) is 41.1. The minimum absolute atomic E-state index is 0.0541. The summed E-state index contributed by atoms with van der Waals surface area (Å²) in [6.07, 6.45) is -0.939. The fourth-order valence-electron chi connectivity index (χ4n) is 3.75. The molecule has 0 aromatic rings. The van der Waals surface area contributed by atoms with E-state index in [0.717, 1.165) is 0 Å². The number of rotatable bonds is 17. The molecule has 0 bridgehead atoms. The van der Waals surface area contributed by atoms with Crippen molar-refractivity contribution in [3.05, 3.63) is 0 Å². The van der Waals surface area contributed by atoms with Gasteiger partial charge in [0.2, 0.25) is 23.6 Å². The zero-order valence-corrected chi connectivity index (χ0v) is 28.3. The number of carboxylic acids is 1. The van der Waals surface area contributed by atoms with Crippen molar-refractivity contribution in [2.75, 3.05) is 20.6 Å². The van der Waals surface area contributed by atoms with Gasteiger partial charge in [-0.1, -0.05) is 13.8 Å². The number of nitrogens with zero attached hydrogens (tertiary/aromatic N) is 1. The largest absolute Gasteiger partial charge is 0.480 e. The van der Waals surface area contributed by atoms with Crippen molar-refractivity contribution in [3.63, 3.8) is 0 Å². The summed E-state index contributed by atoms with van der Waals surface area (Å²) in [7, 11) is 3.20. The Balaban J connectivity index is 5.58. The van der Waals surface area contributed by atoms with Gasteiger partial charge in [0.15, 0.2) is 0 Å². The first-order chi connectivity index (χ1) is 20.5. The number of carboxylic acid groups (broad SMARTS) is 1. The van der Waals surface area contributed by atoms with Crippen molar-refractivity contribution in [1.29, 1.82) is 0 Å². The van der Waals surface area contributed by atoms with Crippen LogP contribution in [-0.2, 0) is 38.2 Å². The van der Waals surface area contributed by atoms with E-state index >= 15 is 0 Å². The molecule has 0 aromatic carbocycles. The van der Waals surface area contributed by atoms with Crippen LogP contribution in [0.5, 0.6) is 0 Å². The molecule has 0 aliphatic heterocycles. The maximum atomic E-state index is 13.4. The average Bonchev–Trinajstić information content (AvgIpc) is 2.86. The van der Waals surface area contributed by atoms with Crippen molar-refractivity contribution in [2.45, 2.75) is 123 Å². The summed E-state index contributed by atoms with van der Waals surface area (Å²) in [6, 6.07) is -3.81. The van der Waals surface area contributed by atoms with Gasteiger partial charge in [-0.3, -0.25) is 24.0 Å². The highest BCUT2D eigenvalue weighted by Gasteiger charge is 2.32. The van der Waals surface area contributed by atoms with Crippen molar-refractivity contribution in [2.24, 2.45) is 5.92 Å². The van der Waals surface area contributed by atoms with Gasteiger partial charge in [-0.2, -0.15) is 0 Å². The smallest absolute Gasteiger partial charge is 0.407 e. The van der Waals surface area contributed by atoms with Gasteiger partial charge < -0.3 is 40.7 Å². The summed E-state index contributed by atoms with van der Waals surface area (Å²) in [6.45, 7) is 13.3. The van der Waals surface area contributed by atoms with Gasteiger partial charge in [0.1, 0.15) is 29.3 Å². The molecule has 258 valence electrons. The van der Waals surface area contributed by atoms with Crippen LogP contribution in [0, 0.1) is 5.92 Å². The lowest BCUT2D eigenvalue weighted by Crippen LogP contribution is -2.57. The maximum Gasteiger partial charge on any atom is 0.407 e. The van der Waals surface area contributed by atoms with Crippen molar-refractivity contribution >= 4 is 41.7 Å². The number of aliphatic carboxylic acids is 1. The summed E-state index contributed by atoms with van der Waals surface area (Å²) >= 11 is 0. The van der Waals surface area contributed by atoms with Crippen LogP contribution in [0.15, 0.2) is 0 Å². The van der Waals surface area contributed by atoms with Crippen LogP contribution in [-0.4, -0.2) is 102 Å². The van der Waals surface area contributed by atoms with Crippen molar-refractivity contribution in [1.82, 2.24) is 26.2 Å². The van der Waals surface area contributed by atoms with Gasteiger partial charge in [0, 0.05) is 39.9 Å². The number of carbonyl (C=O) groups excluding carboxylic acids is 6. The number of alkyl carbamates (subject to hydrolysis) is 1. The second-order valence-electron chi connectivity index (χ2n) is 13.2. The van der Waals surface area contributed by atoms with E-state index in [0.29, 0.717) is 0 Å². The first-order valence-electron chi connectivity index (χ1n) is 15.0. The minimum atomic E-state index is -1.39. The van der Waals surface area contributed by atoms with Gasteiger partial charge >= 0.3 is 18.0 Å². The van der Waals surface area contributed by atoms with Crippen LogP contribution in [0.4, 0.5) is 4.79 Å². The Morgan fingerprint density at radius 3 is 1.80 bits per heavy atom. The molecule has 45 heavy (non-hydrogen) atoms. The van der Waals surface area contributed by atoms with Crippen molar-refractivity contribution < 1.29 is 48.1 Å². The first-order valence-corrected chi connectivity index (χ1v) is 15.0. The third-order valence-corrected chi connectivity index (χ3v) is 5.96. The van der Waals surface area contributed by atoms with E-state index in [2.05, 4.69) is 21.3 Å². The zero-order chi connectivity index (χ0) is 35.1. The second kappa shape index (κ2) is 18.8. The lowest BCUT2D eigenvalue weighted by atomic mass is 10.0. The molecule has 15 heteroatoms. The van der Waals surface area contributed by atoms with Crippen molar-refractivity contribution in [3.8, 4) is 0 Å². The van der Waals surface area contributed by atoms with E-state index < -0.39 is 71.0 Å². The molecule has 0 rings (SSSR count). The van der Waals surface area contributed by atoms with Crippen LogP contribution < -0.4 is 21.3 Å². The number of amides is 5. The molecule has 0 unspecified atom stereocenters. The normalized spacial score (nSPS) is 13.5. The van der Waals surface area contributed by atoms with Gasteiger partial charge in [0.05, 0.1) is 0 Å². The Kier molecular flexibility index (Phi) is 17.2. The summed E-state index contributed by atoms with van der Waals surface area (Å²) < 4.78 is 10.4. The molecule has 0 aliphatic carbocycles. The van der Waals surface area contributed by atoms with E-state index in [9.17, 15) is 38.7 Å². The average molecular weight is 644 g/mol. The van der Waals surface area contributed by atoms with Gasteiger partial charge in [-0.25, -0.2) is 9.59 Å². The Morgan fingerprint density at radius 1 is 0.733 bits per heavy atom. The fourth-order valence-corrected chi connectivity index (χ4v) is 3.75. The van der Waals surface area contributed by atoms with E-state index in [1.165, 1.54) is 4.90 Å². The van der Waals surface area contributed by atoms with Crippen LogP contribution in [0.3, 0.4) is 0 Å². The molecular formula is C30H53N5O10. The third-order valence-electron chi connectivity index (χ3n) is 5.96. The number of nitrogens with one attached hydrogen (secondary N) is 4. The minimum Gasteiger partial charge on any atom is -0.480 e. The van der Waals surface area contributed by atoms with Crippen LogP contribution in [0.25, 0.3) is 0 Å². The monoisotopic (exact) mass is 643 g/mol. The summed E-state index contributed by atoms with van der Waals surface area (Å²) in [5.41, 5.74) is -1.51. The lowest BCUT2D eigenvalue weighted by molar-refractivity contribution is -0.155. The highest BCUT2D eigenvalue weighted by molar-refractivity contribution is 5.93. The second-order valence-corrected chi connectivity index (χ2v) is 13.2. The summed E-state index contributed by atoms with van der Waals surface area (Å²) in [4.78, 5) is 88.5. The third kappa shape index (κ3) is 19.2. The molecule has 15 nitrogen and oxygen atoms in total. The number of ether oxygens (including phenoxy) is 2. The molecule has 0 spiro atoms. The molecule has 5 N–H and O–H groups in total. The Bertz CT molecular complexity index is 1050. The predicted octanol–water partition coefficient (Wildman–Crippen LogP) is 1.48.